The molecule has 0 aliphatic heterocycles. The van der Waals surface area contributed by atoms with E-state index in [0.29, 0.717) is 13.1 Å². The SMILES string of the molecule is CCN(Cc1ccc(OC)cc1)C(=O)CCNS(=O)(=O)c1ccc2ccccc2c1. The third-order valence-electron chi connectivity index (χ3n) is 4.93. The van der Waals surface area contributed by atoms with Gasteiger partial charge in [0.15, 0.2) is 0 Å². The van der Waals surface area contributed by atoms with Gasteiger partial charge in [-0.15, -0.1) is 0 Å². The van der Waals surface area contributed by atoms with Gasteiger partial charge < -0.3 is 9.64 Å². The molecule has 0 aliphatic carbocycles. The van der Waals surface area contributed by atoms with Gasteiger partial charge in [-0.2, -0.15) is 0 Å². The summed E-state index contributed by atoms with van der Waals surface area (Å²) in [6.07, 6.45) is 0.0941. The van der Waals surface area contributed by atoms with Gasteiger partial charge in [0.1, 0.15) is 5.75 Å². The summed E-state index contributed by atoms with van der Waals surface area (Å²) in [6, 6.07) is 20.1. The molecule has 0 fully saturated rings. The van der Waals surface area contributed by atoms with E-state index in [0.717, 1.165) is 22.1 Å². The first-order valence-corrected chi connectivity index (χ1v) is 11.3. The number of amides is 1. The van der Waals surface area contributed by atoms with Gasteiger partial charge in [0.05, 0.1) is 12.0 Å². The van der Waals surface area contributed by atoms with Crippen molar-refractivity contribution in [3.05, 3.63) is 72.3 Å². The predicted octanol–water partition coefficient (Wildman–Crippen LogP) is 3.57. The molecule has 7 heteroatoms. The van der Waals surface area contributed by atoms with E-state index >= 15 is 0 Å². The van der Waals surface area contributed by atoms with E-state index in [4.69, 9.17) is 4.74 Å². The minimum atomic E-state index is -3.68. The lowest BCUT2D eigenvalue weighted by molar-refractivity contribution is -0.131. The van der Waals surface area contributed by atoms with Crippen molar-refractivity contribution >= 4 is 26.7 Å². The zero-order valence-corrected chi connectivity index (χ0v) is 18.0. The second-order valence-corrected chi connectivity index (χ2v) is 8.68. The van der Waals surface area contributed by atoms with Gasteiger partial charge in [0, 0.05) is 26.1 Å². The first-order chi connectivity index (χ1) is 14.4. The lowest BCUT2D eigenvalue weighted by Crippen LogP contribution is -2.34. The summed E-state index contributed by atoms with van der Waals surface area (Å²) >= 11 is 0. The van der Waals surface area contributed by atoms with Crippen molar-refractivity contribution < 1.29 is 17.9 Å². The van der Waals surface area contributed by atoms with Gasteiger partial charge in [0.25, 0.3) is 0 Å². The Morgan fingerprint density at radius 2 is 1.70 bits per heavy atom. The molecule has 0 radical (unpaired) electrons. The van der Waals surface area contributed by atoms with Crippen LogP contribution in [0.5, 0.6) is 5.75 Å². The van der Waals surface area contributed by atoms with Crippen LogP contribution in [0, 0.1) is 0 Å². The average molecular weight is 427 g/mol. The Hall–Kier alpha value is -2.90. The van der Waals surface area contributed by atoms with Gasteiger partial charge in [-0.25, -0.2) is 13.1 Å². The minimum Gasteiger partial charge on any atom is -0.497 e. The minimum absolute atomic E-state index is 0.0487. The molecular weight excluding hydrogens is 400 g/mol. The van der Waals surface area contributed by atoms with Crippen LogP contribution in [0.1, 0.15) is 18.9 Å². The van der Waals surface area contributed by atoms with Crippen LogP contribution in [-0.4, -0.2) is 39.4 Å². The highest BCUT2D eigenvalue weighted by Gasteiger charge is 2.17. The predicted molar refractivity (Wildman–Crippen MR) is 118 cm³/mol. The molecule has 0 saturated carbocycles. The van der Waals surface area contributed by atoms with Gasteiger partial charge in [-0.3, -0.25) is 4.79 Å². The molecule has 0 bridgehead atoms. The standard InChI is InChI=1S/C23H26N2O4S/c1-3-25(17-18-8-11-21(29-2)12-9-18)23(26)14-15-24-30(27,28)22-13-10-19-6-4-5-7-20(19)16-22/h4-13,16,24H,3,14-15,17H2,1-2H3. The Balaban J connectivity index is 1.58. The Bertz CT molecular complexity index is 1110. The number of methoxy groups -OCH3 is 1. The molecule has 0 spiro atoms. The Labute approximate surface area is 177 Å². The maximum atomic E-state index is 12.6. The number of nitrogens with one attached hydrogen (secondary N) is 1. The lowest BCUT2D eigenvalue weighted by Gasteiger charge is -2.21. The molecule has 0 atom stereocenters. The van der Waals surface area contributed by atoms with Crippen molar-refractivity contribution in [3.63, 3.8) is 0 Å². The molecule has 1 amide bonds. The van der Waals surface area contributed by atoms with Gasteiger partial charge >= 0.3 is 0 Å². The van der Waals surface area contributed by atoms with E-state index < -0.39 is 10.0 Å². The average Bonchev–Trinajstić information content (AvgIpc) is 2.77. The third-order valence-corrected chi connectivity index (χ3v) is 6.39. The van der Waals surface area contributed by atoms with Gasteiger partial charge in [-0.05, 0) is 47.5 Å². The Kier molecular flexibility index (Phi) is 7.07. The largest absolute Gasteiger partial charge is 0.497 e. The van der Waals surface area contributed by atoms with Crippen LogP contribution in [0.15, 0.2) is 71.6 Å². The highest BCUT2D eigenvalue weighted by atomic mass is 32.2. The summed E-state index contributed by atoms with van der Waals surface area (Å²) in [5.41, 5.74) is 0.989. The summed E-state index contributed by atoms with van der Waals surface area (Å²) in [4.78, 5) is 14.5. The molecule has 0 saturated heterocycles. The normalized spacial score (nSPS) is 11.4. The maximum Gasteiger partial charge on any atom is 0.240 e. The number of ether oxygens (including phenoxy) is 1. The number of fused-ring (bicyclic) bond motifs is 1. The molecule has 0 unspecified atom stereocenters. The van der Waals surface area contributed by atoms with Crippen molar-refractivity contribution in [2.24, 2.45) is 0 Å². The summed E-state index contributed by atoms with van der Waals surface area (Å²) in [5.74, 6) is 0.658. The molecule has 158 valence electrons. The fourth-order valence-corrected chi connectivity index (χ4v) is 4.26. The molecule has 0 aliphatic rings. The molecule has 1 N–H and O–H groups in total. The zero-order chi connectivity index (χ0) is 21.6. The third kappa shape index (κ3) is 5.37. The monoisotopic (exact) mass is 426 g/mol. The number of benzene rings is 3. The van der Waals surface area contributed by atoms with Crippen LogP contribution in [0.4, 0.5) is 0 Å². The van der Waals surface area contributed by atoms with Gasteiger partial charge in [0.2, 0.25) is 15.9 Å². The van der Waals surface area contributed by atoms with E-state index in [1.54, 1.807) is 30.2 Å². The number of carbonyl (C=O) groups is 1. The van der Waals surface area contributed by atoms with Crippen molar-refractivity contribution in [3.8, 4) is 5.75 Å². The van der Waals surface area contributed by atoms with Crippen LogP contribution < -0.4 is 9.46 Å². The Morgan fingerprint density at radius 1 is 1.00 bits per heavy atom. The van der Waals surface area contributed by atoms with Crippen LogP contribution in [-0.2, 0) is 21.4 Å². The number of hydrogen-bond donors (Lipinski definition) is 1. The number of sulfonamides is 1. The summed E-state index contributed by atoms with van der Waals surface area (Å²) in [5, 5.41) is 1.83. The highest BCUT2D eigenvalue weighted by Crippen LogP contribution is 2.19. The first kappa shape index (κ1) is 21.8. The quantitative estimate of drug-likeness (QED) is 0.568. The van der Waals surface area contributed by atoms with E-state index in [9.17, 15) is 13.2 Å². The molecule has 6 nitrogen and oxygen atoms in total. The second kappa shape index (κ2) is 9.73. The molecular formula is C23H26N2O4S. The molecule has 3 aromatic rings. The van der Waals surface area contributed by atoms with Crippen LogP contribution in [0.25, 0.3) is 10.8 Å². The van der Waals surface area contributed by atoms with Crippen molar-refractivity contribution in [2.45, 2.75) is 24.8 Å². The van der Waals surface area contributed by atoms with Gasteiger partial charge in [-0.1, -0.05) is 42.5 Å². The molecule has 0 aromatic heterocycles. The summed E-state index contributed by atoms with van der Waals surface area (Å²) in [7, 11) is -2.07. The van der Waals surface area contributed by atoms with Crippen LogP contribution in [0.2, 0.25) is 0 Å². The second-order valence-electron chi connectivity index (χ2n) is 6.91. The van der Waals surface area contributed by atoms with Crippen molar-refractivity contribution in [2.75, 3.05) is 20.2 Å². The van der Waals surface area contributed by atoms with E-state index in [-0.39, 0.29) is 23.8 Å². The molecule has 30 heavy (non-hydrogen) atoms. The fraction of sp³-hybridized carbons (Fsp3) is 0.261. The maximum absolute atomic E-state index is 12.6. The number of hydrogen-bond acceptors (Lipinski definition) is 4. The van der Waals surface area contributed by atoms with Crippen LogP contribution >= 0.6 is 0 Å². The lowest BCUT2D eigenvalue weighted by atomic mass is 10.1. The Morgan fingerprint density at radius 3 is 2.37 bits per heavy atom. The van der Waals surface area contributed by atoms with E-state index in [2.05, 4.69) is 4.72 Å². The fourth-order valence-electron chi connectivity index (χ4n) is 3.20. The summed E-state index contributed by atoms with van der Waals surface area (Å²) in [6.45, 7) is 2.97. The molecule has 3 rings (SSSR count). The number of nitrogens with zero attached hydrogens (tertiary/aromatic N) is 1. The van der Waals surface area contributed by atoms with Crippen molar-refractivity contribution in [1.29, 1.82) is 0 Å². The first-order valence-electron chi connectivity index (χ1n) is 9.82. The van der Waals surface area contributed by atoms with Crippen molar-refractivity contribution in [1.82, 2.24) is 9.62 Å². The number of carbonyl (C=O) groups excluding carboxylic acids is 1. The van der Waals surface area contributed by atoms with E-state index in [1.165, 1.54) is 0 Å². The smallest absolute Gasteiger partial charge is 0.240 e. The molecule has 0 heterocycles. The van der Waals surface area contributed by atoms with Crippen LogP contribution in [0.3, 0.4) is 0 Å². The zero-order valence-electron chi connectivity index (χ0n) is 17.2. The molecule has 3 aromatic carbocycles. The summed E-state index contributed by atoms with van der Waals surface area (Å²) < 4.78 is 32.9. The highest BCUT2D eigenvalue weighted by molar-refractivity contribution is 7.89. The van der Waals surface area contributed by atoms with E-state index in [1.807, 2.05) is 55.5 Å². The topological polar surface area (TPSA) is 75.7 Å². The number of rotatable bonds is 9.